The first-order chi connectivity index (χ1) is 12.6. The van der Waals surface area contributed by atoms with E-state index in [1.54, 1.807) is 6.92 Å². The van der Waals surface area contributed by atoms with Gasteiger partial charge in [0.25, 0.3) is 0 Å². The Kier molecular flexibility index (Phi) is 4.19. The van der Waals surface area contributed by atoms with Gasteiger partial charge in [-0.1, -0.05) is 48.6 Å². The lowest BCUT2D eigenvalue weighted by Gasteiger charge is -2.32. The van der Waals surface area contributed by atoms with Gasteiger partial charge in [0.05, 0.1) is 24.7 Å². The van der Waals surface area contributed by atoms with E-state index in [1.807, 2.05) is 53.5 Å². The minimum Gasteiger partial charge on any atom is -0.466 e. The minimum absolute atomic E-state index is 0.0365. The second-order valence-electron chi connectivity index (χ2n) is 7.04. The molecule has 1 amide bonds. The van der Waals surface area contributed by atoms with E-state index in [4.69, 9.17) is 9.47 Å². The van der Waals surface area contributed by atoms with Crippen molar-refractivity contribution in [2.45, 2.75) is 37.6 Å². The molecule has 26 heavy (non-hydrogen) atoms. The number of rotatable bonds is 6. The molecule has 0 radical (unpaired) electrons. The van der Waals surface area contributed by atoms with Crippen molar-refractivity contribution in [2.75, 3.05) is 6.61 Å². The number of hydrogen-bond donors (Lipinski definition) is 0. The first-order valence-electron chi connectivity index (χ1n) is 9.11. The van der Waals surface area contributed by atoms with Gasteiger partial charge in [-0.3, -0.25) is 9.59 Å². The van der Waals surface area contributed by atoms with Gasteiger partial charge in [0.1, 0.15) is 11.5 Å². The van der Waals surface area contributed by atoms with Crippen LogP contribution in [0.15, 0.2) is 55.1 Å². The molecule has 0 unspecified atom stereocenters. The van der Waals surface area contributed by atoms with Crippen molar-refractivity contribution in [3.8, 4) is 0 Å². The quantitative estimate of drug-likeness (QED) is 0.582. The Morgan fingerprint density at radius 2 is 2.15 bits per heavy atom. The van der Waals surface area contributed by atoms with Crippen LogP contribution < -0.4 is 0 Å². The molecule has 0 N–H and O–H groups in total. The van der Waals surface area contributed by atoms with Gasteiger partial charge in [-0.15, -0.1) is 6.58 Å². The van der Waals surface area contributed by atoms with E-state index in [9.17, 15) is 9.59 Å². The Morgan fingerprint density at radius 3 is 2.85 bits per heavy atom. The molecule has 3 heterocycles. The number of carbonyl (C=O) groups is 2. The second-order valence-corrected chi connectivity index (χ2v) is 7.04. The SMILES string of the molecule is C=CC[C@@H]1N(Cc2ccccc2)C(=O)[C@H]2[C@@H](C(=O)OCC)[C@@H]3C=C[C@]12O3. The number of likely N-dealkylation sites (tertiary alicyclic amines) is 1. The number of benzene rings is 1. The molecule has 2 fully saturated rings. The number of fused-ring (bicyclic) bond motifs is 1. The summed E-state index contributed by atoms with van der Waals surface area (Å²) < 4.78 is 11.5. The van der Waals surface area contributed by atoms with Gasteiger partial charge >= 0.3 is 5.97 Å². The minimum atomic E-state index is -0.762. The van der Waals surface area contributed by atoms with Gasteiger partial charge in [-0.05, 0) is 18.9 Å². The van der Waals surface area contributed by atoms with Crippen LogP contribution in [0.5, 0.6) is 0 Å². The van der Waals surface area contributed by atoms with Crippen molar-refractivity contribution >= 4 is 11.9 Å². The molecule has 2 saturated heterocycles. The Bertz CT molecular complexity index is 759. The van der Waals surface area contributed by atoms with Crippen LogP contribution in [0.1, 0.15) is 18.9 Å². The zero-order valence-electron chi connectivity index (χ0n) is 14.8. The first-order valence-corrected chi connectivity index (χ1v) is 9.11. The van der Waals surface area contributed by atoms with Crippen LogP contribution >= 0.6 is 0 Å². The summed E-state index contributed by atoms with van der Waals surface area (Å²) in [5.74, 6) is -1.47. The lowest BCUT2D eigenvalue weighted by Crippen LogP contribution is -2.44. The van der Waals surface area contributed by atoms with E-state index < -0.39 is 17.4 Å². The van der Waals surface area contributed by atoms with Crippen LogP contribution in [-0.2, 0) is 25.6 Å². The first kappa shape index (κ1) is 17.0. The largest absolute Gasteiger partial charge is 0.466 e. The van der Waals surface area contributed by atoms with Gasteiger partial charge < -0.3 is 14.4 Å². The standard InChI is InChI=1S/C21H23NO4/c1-3-8-16-21-12-11-15(26-21)17(20(24)25-4-2)18(21)19(23)22(16)13-14-9-6-5-7-10-14/h3,5-7,9-12,15-18H,1,4,8,13H2,2H3/t15-,16-,17-,18+,21-/m0/s1. The maximum atomic E-state index is 13.4. The zero-order valence-corrected chi connectivity index (χ0v) is 14.8. The maximum absolute atomic E-state index is 13.4. The molecular weight excluding hydrogens is 330 g/mol. The second kappa shape index (κ2) is 6.40. The fourth-order valence-corrected chi connectivity index (χ4v) is 4.67. The fourth-order valence-electron chi connectivity index (χ4n) is 4.67. The Morgan fingerprint density at radius 1 is 1.38 bits per heavy atom. The van der Waals surface area contributed by atoms with E-state index >= 15 is 0 Å². The molecule has 4 rings (SSSR count). The molecule has 1 spiro atoms. The van der Waals surface area contributed by atoms with Crippen molar-refractivity contribution in [2.24, 2.45) is 11.8 Å². The van der Waals surface area contributed by atoms with Crippen LogP contribution in [0, 0.1) is 11.8 Å². The molecule has 3 aliphatic heterocycles. The number of nitrogens with zero attached hydrogens (tertiary/aromatic N) is 1. The predicted molar refractivity (Wildman–Crippen MR) is 96.0 cm³/mol. The van der Waals surface area contributed by atoms with Gasteiger partial charge in [-0.2, -0.15) is 0 Å². The van der Waals surface area contributed by atoms with E-state index in [0.29, 0.717) is 19.6 Å². The molecule has 5 heteroatoms. The molecule has 3 aliphatic rings. The van der Waals surface area contributed by atoms with Gasteiger partial charge in [0, 0.05) is 6.54 Å². The van der Waals surface area contributed by atoms with Crippen molar-refractivity contribution in [1.29, 1.82) is 0 Å². The summed E-state index contributed by atoms with van der Waals surface area (Å²) in [4.78, 5) is 27.7. The number of amides is 1. The molecule has 5 nitrogen and oxygen atoms in total. The summed E-state index contributed by atoms with van der Waals surface area (Å²) >= 11 is 0. The lowest BCUT2D eigenvalue weighted by atomic mass is 9.74. The van der Waals surface area contributed by atoms with Crippen molar-refractivity contribution < 1.29 is 19.1 Å². The maximum Gasteiger partial charge on any atom is 0.312 e. The van der Waals surface area contributed by atoms with Gasteiger partial charge in [0.2, 0.25) is 5.91 Å². The highest BCUT2D eigenvalue weighted by Gasteiger charge is 2.70. The van der Waals surface area contributed by atoms with E-state index in [1.165, 1.54) is 0 Å². The van der Waals surface area contributed by atoms with Crippen molar-refractivity contribution in [3.63, 3.8) is 0 Å². The molecule has 0 aliphatic carbocycles. The average molecular weight is 353 g/mol. The molecule has 0 saturated carbocycles. The third-order valence-electron chi connectivity index (χ3n) is 5.68. The van der Waals surface area contributed by atoms with Crippen LogP contribution in [0.25, 0.3) is 0 Å². The predicted octanol–water partition coefficient (Wildman–Crippen LogP) is 2.48. The highest BCUT2D eigenvalue weighted by molar-refractivity contribution is 5.92. The fraction of sp³-hybridized carbons (Fsp3) is 0.429. The van der Waals surface area contributed by atoms with Crippen LogP contribution in [-0.4, -0.2) is 41.1 Å². The monoisotopic (exact) mass is 353 g/mol. The van der Waals surface area contributed by atoms with Crippen molar-refractivity contribution in [3.05, 3.63) is 60.7 Å². The molecule has 136 valence electrons. The molecule has 0 aromatic heterocycles. The Labute approximate surface area is 153 Å². The normalized spacial score (nSPS) is 34.2. The zero-order chi connectivity index (χ0) is 18.3. The third-order valence-corrected chi connectivity index (χ3v) is 5.68. The highest BCUT2D eigenvalue weighted by atomic mass is 16.6. The molecule has 1 aromatic carbocycles. The molecule has 1 aromatic rings. The van der Waals surface area contributed by atoms with Crippen molar-refractivity contribution in [1.82, 2.24) is 4.90 Å². The number of carbonyl (C=O) groups excluding carboxylic acids is 2. The topological polar surface area (TPSA) is 55.8 Å². The molecule has 2 bridgehead atoms. The van der Waals surface area contributed by atoms with Crippen LogP contribution in [0.4, 0.5) is 0 Å². The van der Waals surface area contributed by atoms with E-state index in [0.717, 1.165) is 5.56 Å². The summed E-state index contributed by atoms with van der Waals surface area (Å²) in [5, 5.41) is 0. The van der Waals surface area contributed by atoms with E-state index in [2.05, 4.69) is 6.58 Å². The lowest BCUT2D eigenvalue weighted by molar-refractivity contribution is -0.153. The summed E-state index contributed by atoms with van der Waals surface area (Å²) in [7, 11) is 0. The van der Waals surface area contributed by atoms with Crippen LogP contribution in [0.3, 0.4) is 0 Å². The molecule has 5 atom stereocenters. The summed E-state index contributed by atoms with van der Waals surface area (Å²) in [6, 6.07) is 9.70. The average Bonchev–Trinajstić information content (AvgIpc) is 3.27. The summed E-state index contributed by atoms with van der Waals surface area (Å²) in [5.41, 5.74) is 0.291. The number of ether oxygens (including phenoxy) is 2. The molecular formula is C21H23NO4. The third kappa shape index (κ3) is 2.34. The van der Waals surface area contributed by atoms with Gasteiger partial charge in [-0.25, -0.2) is 0 Å². The number of hydrogen-bond acceptors (Lipinski definition) is 4. The Balaban J connectivity index is 1.70. The van der Waals surface area contributed by atoms with Crippen LogP contribution in [0.2, 0.25) is 0 Å². The summed E-state index contributed by atoms with van der Waals surface area (Å²) in [6.07, 6.45) is 5.94. The summed E-state index contributed by atoms with van der Waals surface area (Å²) in [6.45, 7) is 6.42. The Hall–Kier alpha value is -2.40. The highest BCUT2D eigenvalue weighted by Crippen LogP contribution is 2.56. The number of esters is 1. The van der Waals surface area contributed by atoms with Gasteiger partial charge in [0.15, 0.2) is 0 Å². The van der Waals surface area contributed by atoms with E-state index in [-0.39, 0.29) is 24.0 Å². The smallest absolute Gasteiger partial charge is 0.312 e.